The smallest absolute Gasteiger partial charge is 0.306 e. The normalized spacial score (nSPS) is 13.5. The minimum Gasteiger partial charge on any atom is -0.457 e. The van der Waals surface area contributed by atoms with Gasteiger partial charge in [-0.3, -0.25) is 4.79 Å². The van der Waals surface area contributed by atoms with E-state index in [0.29, 0.717) is 6.42 Å². The predicted octanol–water partition coefficient (Wildman–Crippen LogP) is 4.10. The molecule has 0 N–H and O–H groups in total. The van der Waals surface area contributed by atoms with Crippen LogP contribution in [0.1, 0.15) is 30.6 Å². The highest BCUT2D eigenvalue weighted by Gasteiger charge is 2.27. The fourth-order valence-corrected chi connectivity index (χ4v) is 2.96. The molecule has 0 fully saturated rings. The van der Waals surface area contributed by atoms with Crippen LogP contribution in [0.25, 0.3) is 0 Å². The summed E-state index contributed by atoms with van der Waals surface area (Å²) in [6.07, 6.45) is 1.03. The Kier molecular flexibility index (Phi) is 7.01. The molecule has 0 aliphatic heterocycles. The van der Waals surface area contributed by atoms with Crippen LogP contribution in [0.3, 0.4) is 0 Å². The number of rotatable bonds is 8. The first-order chi connectivity index (χ1) is 11.6. The van der Waals surface area contributed by atoms with E-state index in [1.54, 1.807) is 0 Å². The fourth-order valence-electron chi connectivity index (χ4n) is 2.96. The lowest BCUT2D eigenvalue weighted by atomic mass is 9.89. The van der Waals surface area contributed by atoms with E-state index < -0.39 is 0 Å². The van der Waals surface area contributed by atoms with Crippen molar-refractivity contribution in [1.82, 2.24) is 4.90 Å². The van der Waals surface area contributed by atoms with E-state index in [0.717, 1.165) is 18.5 Å². The molecule has 128 valence electrons. The summed E-state index contributed by atoms with van der Waals surface area (Å²) < 4.78 is 5.86. The molecule has 24 heavy (non-hydrogen) atoms. The molecular weight excluding hydrogens is 298 g/mol. The first-order valence-corrected chi connectivity index (χ1v) is 8.53. The van der Waals surface area contributed by atoms with Crippen LogP contribution < -0.4 is 0 Å². The molecule has 0 radical (unpaired) electrons. The van der Waals surface area contributed by atoms with Crippen LogP contribution in [0.4, 0.5) is 0 Å². The summed E-state index contributed by atoms with van der Waals surface area (Å²) >= 11 is 0. The van der Waals surface area contributed by atoms with Gasteiger partial charge in [-0.1, -0.05) is 67.6 Å². The Bertz CT molecular complexity index is 610. The van der Waals surface area contributed by atoms with Crippen LogP contribution in [0, 0.1) is 5.92 Å². The fraction of sp³-hybridized carbons (Fsp3) is 0.381. The summed E-state index contributed by atoms with van der Waals surface area (Å²) in [7, 11) is 4.11. The molecule has 0 amide bonds. The molecule has 0 unspecified atom stereocenters. The van der Waals surface area contributed by atoms with Gasteiger partial charge in [0.1, 0.15) is 6.10 Å². The first-order valence-electron chi connectivity index (χ1n) is 8.53. The second-order valence-corrected chi connectivity index (χ2v) is 6.39. The van der Waals surface area contributed by atoms with Crippen LogP contribution in [0.15, 0.2) is 60.7 Å². The van der Waals surface area contributed by atoms with Crippen LogP contribution in [-0.4, -0.2) is 31.5 Å². The zero-order chi connectivity index (χ0) is 17.4. The molecule has 3 heteroatoms. The molecule has 0 bridgehead atoms. The largest absolute Gasteiger partial charge is 0.457 e. The first kappa shape index (κ1) is 18.2. The third kappa shape index (κ3) is 5.50. The van der Waals surface area contributed by atoms with Gasteiger partial charge >= 0.3 is 5.97 Å². The number of carbonyl (C=O) groups is 1. The molecule has 0 saturated heterocycles. The number of nitrogens with zero attached hydrogens (tertiary/aromatic N) is 1. The third-order valence-corrected chi connectivity index (χ3v) is 4.04. The highest BCUT2D eigenvalue weighted by molar-refractivity contribution is 5.69. The lowest BCUT2D eigenvalue weighted by molar-refractivity contribution is -0.152. The molecule has 0 heterocycles. The summed E-state index contributed by atoms with van der Waals surface area (Å²) in [6, 6.07) is 20.5. The monoisotopic (exact) mass is 325 g/mol. The lowest BCUT2D eigenvalue weighted by Gasteiger charge is -2.30. The second-order valence-electron chi connectivity index (χ2n) is 6.39. The Morgan fingerprint density at radius 1 is 1.00 bits per heavy atom. The van der Waals surface area contributed by atoms with Crippen molar-refractivity contribution in [2.45, 2.75) is 25.9 Å². The maximum atomic E-state index is 12.0. The number of hydrogen-bond acceptors (Lipinski definition) is 3. The number of esters is 1. The van der Waals surface area contributed by atoms with Crippen LogP contribution in [0.5, 0.6) is 0 Å². The highest BCUT2D eigenvalue weighted by Crippen LogP contribution is 2.30. The second kappa shape index (κ2) is 9.24. The molecular formula is C21H27NO2. The quantitative estimate of drug-likeness (QED) is 0.684. The van der Waals surface area contributed by atoms with Gasteiger partial charge in [-0.2, -0.15) is 0 Å². The van der Waals surface area contributed by atoms with Gasteiger partial charge in [0.2, 0.25) is 0 Å². The van der Waals surface area contributed by atoms with Crippen molar-refractivity contribution < 1.29 is 9.53 Å². The van der Waals surface area contributed by atoms with Crippen molar-refractivity contribution in [3.8, 4) is 0 Å². The maximum absolute atomic E-state index is 12.0. The van der Waals surface area contributed by atoms with Gasteiger partial charge < -0.3 is 9.64 Å². The maximum Gasteiger partial charge on any atom is 0.306 e. The molecule has 2 rings (SSSR count). The topological polar surface area (TPSA) is 29.5 Å². The highest BCUT2D eigenvalue weighted by atomic mass is 16.5. The molecule has 0 aromatic heterocycles. The molecule has 0 aliphatic rings. The lowest BCUT2D eigenvalue weighted by Crippen LogP contribution is -2.30. The average Bonchev–Trinajstić information content (AvgIpc) is 2.60. The van der Waals surface area contributed by atoms with Gasteiger partial charge in [0.05, 0.1) is 0 Å². The van der Waals surface area contributed by atoms with Crippen LogP contribution in [-0.2, 0) is 16.0 Å². The van der Waals surface area contributed by atoms with E-state index in [4.69, 9.17) is 4.74 Å². The van der Waals surface area contributed by atoms with Gasteiger partial charge in [0.25, 0.3) is 0 Å². The summed E-state index contributed by atoms with van der Waals surface area (Å²) in [5.74, 6) is 0.0426. The van der Waals surface area contributed by atoms with E-state index >= 15 is 0 Å². The van der Waals surface area contributed by atoms with E-state index in [2.05, 4.69) is 43.3 Å². The van der Waals surface area contributed by atoms with Gasteiger partial charge in [0.15, 0.2) is 0 Å². The Morgan fingerprint density at radius 3 is 2.12 bits per heavy atom. The summed E-state index contributed by atoms with van der Waals surface area (Å²) in [6.45, 7) is 2.69. The standard InChI is InChI=1S/C21H27NO2/c1-4-20(23)24-21(18-13-9-6-10-14-18)19(16-22(2)3)15-17-11-7-5-8-12-17/h5-14,19,21H,4,15-16H2,1-3H3/t19-,21-/m0/s1. The van der Waals surface area contributed by atoms with Crippen molar-refractivity contribution in [3.05, 3.63) is 71.8 Å². The summed E-state index contributed by atoms with van der Waals surface area (Å²) in [5, 5.41) is 0. The Balaban J connectivity index is 2.30. The number of hydrogen-bond donors (Lipinski definition) is 0. The van der Waals surface area contributed by atoms with E-state index in [-0.39, 0.29) is 18.0 Å². The average molecular weight is 325 g/mol. The zero-order valence-electron chi connectivity index (χ0n) is 14.8. The van der Waals surface area contributed by atoms with Gasteiger partial charge in [-0.25, -0.2) is 0 Å². The number of ether oxygens (including phenoxy) is 1. The minimum atomic E-state index is -0.235. The minimum absolute atomic E-state index is 0.152. The van der Waals surface area contributed by atoms with Crippen LogP contribution >= 0.6 is 0 Å². The van der Waals surface area contributed by atoms with Gasteiger partial charge in [0, 0.05) is 18.9 Å². The van der Waals surface area contributed by atoms with Crippen LogP contribution in [0.2, 0.25) is 0 Å². The Labute approximate surface area is 145 Å². The molecule has 2 aromatic carbocycles. The molecule has 2 aromatic rings. The Hall–Kier alpha value is -2.13. The zero-order valence-corrected chi connectivity index (χ0v) is 14.8. The predicted molar refractivity (Wildman–Crippen MR) is 97.8 cm³/mol. The van der Waals surface area contributed by atoms with Crippen molar-refractivity contribution >= 4 is 5.97 Å². The molecule has 2 atom stereocenters. The van der Waals surface area contributed by atoms with Gasteiger partial charge in [-0.15, -0.1) is 0 Å². The van der Waals surface area contributed by atoms with E-state index in [1.807, 2.05) is 43.3 Å². The number of benzene rings is 2. The van der Waals surface area contributed by atoms with Crippen molar-refractivity contribution in [3.63, 3.8) is 0 Å². The van der Waals surface area contributed by atoms with E-state index in [1.165, 1.54) is 5.56 Å². The van der Waals surface area contributed by atoms with E-state index in [9.17, 15) is 4.79 Å². The van der Waals surface area contributed by atoms with Crippen molar-refractivity contribution in [1.29, 1.82) is 0 Å². The SMILES string of the molecule is CCC(=O)O[C@@H](c1ccccc1)[C@@H](Cc1ccccc1)CN(C)C. The van der Waals surface area contributed by atoms with Gasteiger partial charge in [-0.05, 0) is 31.6 Å². The number of carbonyl (C=O) groups excluding carboxylic acids is 1. The third-order valence-electron chi connectivity index (χ3n) is 4.04. The Morgan fingerprint density at radius 2 is 1.58 bits per heavy atom. The molecule has 0 aliphatic carbocycles. The summed E-state index contributed by atoms with van der Waals surface area (Å²) in [5.41, 5.74) is 2.32. The molecule has 0 spiro atoms. The van der Waals surface area contributed by atoms with Crippen molar-refractivity contribution in [2.24, 2.45) is 5.92 Å². The molecule has 0 saturated carbocycles. The molecule has 3 nitrogen and oxygen atoms in total. The summed E-state index contributed by atoms with van der Waals surface area (Å²) in [4.78, 5) is 14.2. The van der Waals surface area contributed by atoms with Crippen molar-refractivity contribution in [2.75, 3.05) is 20.6 Å².